The molecule has 0 aliphatic rings. The summed E-state index contributed by atoms with van der Waals surface area (Å²) in [6.45, 7) is 9.35. The molecule has 8 nitrogen and oxygen atoms in total. The Labute approximate surface area is 248 Å². The molecule has 0 aliphatic carbocycles. The molecule has 0 heterocycles. The molecule has 0 saturated heterocycles. The van der Waals surface area contributed by atoms with Gasteiger partial charge in [-0.25, -0.2) is 12.8 Å². The molecule has 0 saturated carbocycles. The molecule has 226 valence electrons. The van der Waals surface area contributed by atoms with Crippen molar-refractivity contribution in [1.82, 2.24) is 10.2 Å². The molecule has 42 heavy (non-hydrogen) atoms. The van der Waals surface area contributed by atoms with E-state index in [2.05, 4.69) is 5.32 Å². The number of ether oxygens (including phenoxy) is 1. The van der Waals surface area contributed by atoms with Crippen molar-refractivity contribution in [3.05, 3.63) is 89.7 Å². The number of carbonyl (C=O) groups is 2. The van der Waals surface area contributed by atoms with E-state index in [0.717, 1.165) is 27.6 Å². The van der Waals surface area contributed by atoms with Gasteiger partial charge in [0.1, 0.15) is 24.2 Å². The van der Waals surface area contributed by atoms with Gasteiger partial charge in [0.05, 0.1) is 17.2 Å². The molecule has 3 rings (SSSR count). The lowest BCUT2D eigenvalue weighted by atomic mass is 10.1. The monoisotopic (exact) mass is 597 g/mol. The minimum atomic E-state index is -4.27. The van der Waals surface area contributed by atoms with E-state index < -0.39 is 34.3 Å². The molecule has 0 fully saturated rings. The number of aryl methyl sites for hydroxylation is 1. The molecule has 3 aromatic rings. The predicted molar refractivity (Wildman–Crippen MR) is 162 cm³/mol. The lowest BCUT2D eigenvalue weighted by Crippen LogP contribution is -2.53. The Kier molecular flexibility index (Phi) is 11.5. The molecule has 0 aliphatic heterocycles. The summed E-state index contributed by atoms with van der Waals surface area (Å²) in [4.78, 5) is 28.8. The van der Waals surface area contributed by atoms with Crippen molar-refractivity contribution in [2.24, 2.45) is 0 Å². The highest BCUT2D eigenvalue weighted by atomic mass is 32.2. The van der Waals surface area contributed by atoms with Crippen molar-refractivity contribution in [3.63, 3.8) is 0 Å². The molecule has 0 aromatic heterocycles. The third-order valence-corrected chi connectivity index (χ3v) is 8.76. The lowest BCUT2D eigenvalue weighted by molar-refractivity contribution is -0.140. The molecule has 0 radical (unpaired) electrons. The summed E-state index contributed by atoms with van der Waals surface area (Å²) in [6, 6.07) is 17.4. The fourth-order valence-corrected chi connectivity index (χ4v) is 5.80. The van der Waals surface area contributed by atoms with E-state index in [1.807, 2.05) is 58.9 Å². The van der Waals surface area contributed by atoms with Gasteiger partial charge in [0.2, 0.25) is 11.8 Å². The van der Waals surface area contributed by atoms with E-state index in [-0.39, 0.29) is 29.1 Å². The average Bonchev–Trinajstić information content (AvgIpc) is 2.97. The molecule has 2 amide bonds. The van der Waals surface area contributed by atoms with Crippen molar-refractivity contribution in [1.29, 1.82) is 0 Å². The minimum Gasteiger partial charge on any atom is -0.494 e. The van der Waals surface area contributed by atoms with Crippen LogP contribution in [0.4, 0.5) is 10.1 Å². The second-order valence-electron chi connectivity index (χ2n) is 10.1. The number of hydrogen-bond donors (Lipinski definition) is 1. The number of sulfonamides is 1. The average molecular weight is 598 g/mol. The number of amides is 2. The fourth-order valence-electron chi connectivity index (χ4n) is 4.39. The highest BCUT2D eigenvalue weighted by molar-refractivity contribution is 7.92. The number of rotatable bonds is 14. The third kappa shape index (κ3) is 8.31. The van der Waals surface area contributed by atoms with Crippen LogP contribution < -0.4 is 14.4 Å². The Morgan fingerprint density at radius 3 is 2.07 bits per heavy atom. The molecular weight excluding hydrogens is 557 g/mol. The van der Waals surface area contributed by atoms with Crippen LogP contribution in [0.1, 0.15) is 51.7 Å². The first-order valence-corrected chi connectivity index (χ1v) is 15.6. The van der Waals surface area contributed by atoms with Gasteiger partial charge < -0.3 is 15.0 Å². The van der Waals surface area contributed by atoms with E-state index in [4.69, 9.17) is 4.74 Å². The Bertz CT molecular complexity index is 1430. The molecule has 1 N–H and O–H groups in total. The highest BCUT2D eigenvalue weighted by Crippen LogP contribution is 2.26. The van der Waals surface area contributed by atoms with Gasteiger partial charge in [0.25, 0.3) is 10.0 Å². The quantitative estimate of drug-likeness (QED) is 0.267. The molecule has 0 bridgehead atoms. The summed E-state index contributed by atoms with van der Waals surface area (Å²) in [5, 5.41) is 2.96. The van der Waals surface area contributed by atoms with Gasteiger partial charge in [0.15, 0.2) is 0 Å². The maximum atomic E-state index is 14.1. The van der Waals surface area contributed by atoms with Crippen molar-refractivity contribution < 1.29 is 27.1 Å². The van der Waals surface area contributed by atoms with Crippen LogP contribution in [0.15, 0.2) is 77.7 Å². The van der Waals surface area contributed by atoms with Gasteiger partial charge in [-0.05, 0) is 87.7 Å². The van der Waals surface area contributed by atoms with E-state index in [9.17, 15) is 22.4 Å². The number of halogens is 1. The van der Waals surface area contributed by atoms with Crippen molar-refractivity contribution in [2.75, 3.05) is 17.5 Å². The van der Waals surface area contributed by atoms with Crippen molar-refractivity contribution >= 4 is 27.5 Å². The van der Waals surface area contributed by atoms with Crippen LogP contribution >= 0.6 is 0 Å². The van der Waals surface area contributed by atoms with Crippen LogP contribution in [0.25, 0.3) is 0 Å². The first kappa shape index (κ1) is 32.6. The molecular formula is C32H40FN3O5S. The second kappa shape index (κ2) is 14.8. The number of hydrogen-bond acceptors (Lipinski definition) is 5. The van der Waals surface area contributed by atoms with Crippen LogP contribution in [-0.2, 0) is 26.2 Å². The van der Waals surface area contributed by atoms with Gasteiger partial charge >= 0.3 is 0 Å². The Morgan fingerprint density at radius 2 is 1.52 bits per heavy atom. The number of carbonyl (C=O) groups excluding carboxylic acids is 2. The zero-order chi connectivity index (χ0) is 30.9. The Balaban J connectivity index is 2.04. The predicted octanol–water partition coefficient (Wildman–Crippen LogP) is 5.45. The zero-order valence-corrected chi connectivity index (χ0v) is 25.7. The normalized spacial score (nSPS) is 12.7. The van der Waals surface area contributed by atoms with E-state index in [1.54, 1.807) is 0 Å². The van der Waals surface area contributed by atoms with Crippen LogP contribution in [-0.4, -0.2) is 50.4 Å². The maximum absolute atomic E-state index is 14.1. The Morgan fingerprint density at radius 1 is 0.905 bits per heavy atom. The van der Waals surface area contributed by atoms with E-state index in [1.165, 1.54) is 41.3 Å². The van der Waals surface area contributed by atoms with Crippen LogP contribution in [0.5, 0.6) is 5.75 Å². The highest BCUT2D eigenvalue weighted by Gasteiger charge is 2.34. The molecule has 3 aromatic carbocycles. The van der Waals surface area contributed by atoms with Gasteiger partial charge in [-0.3, -0.25) is 13.9 Å². The van der Waals surface area contributed by atoms with Crippen LogP contribution in [0.2, 0.25) is 0 Å². The minimum absolute atomic E-state index is 0.0604. The summed E-state index contributed by atoms with van der Waals surface area (Å²) in [7, 11) is -4.27. The Hall–Kier alpha value is -3.92. The summed E-state index contributed by atoms with van der Waals surface area (Å²) >= 11 is 0. The summed E-state index contributed by atoms with van der Waals surface area (Å²) in [5.41, 5.74) is 1.96. The van der Waals surface area contributed by atoms with Crippen LogP contribution in [0, 0.1) is 12.7 Å². The summed E-state index contributed by atoms with van der Waals surface area (Å²) in [5.74, 6) is -0.920. The zero-order valence-electron chi connectivity index (χ0n) is 24.8. The summed E-state index contributed by atoms with van der Waals surface area (Å²) in [6.07, 6.45) is 1.04. The lowest BCUT2D eigenvalue weighted by Gasteiger charge is -2.33. The van der Waals surface area contributed by atoms with Crippen LogP contribution in [0.3, 0.4) is 0 Å². The molecule has 0 spiro atoms. The number of anilines is 1. The molecule has 2 atom stereocenters. The third-order valence-electron chi connectivity index (χ3n) is 6.98. The van der Waals surface area contributed by atoms with Gasteiger partial charge in [-0.2, -0.15) is 0 Å². The first-order valence-electron chi connectivity index (χ1n) is 14.2. The van der Waals surface area contributed by atoms with Gasteiger partial charge in [-0.15, -0.1) is 0 Å². The van der Waals surface area contributed by atoms with E-state index >= 15 is 0 Å². The SMILES string of the molecule is CCOc1ccc(S(=O)(=O)N(CC(=O)N(Cc2ccc(C)cc2)[C@H](CC)C(=O)N[C@@H](C)CC)c2ccc(F)cc2)cc1. The number of benzene rings is 3. The molecule has 10 heteroatoms. The largest absolute Gasteiger partial charge is 0.494 e. The maximum Gasteiger partial charge on any atom is 0.264 e. The first-order chi connectivity index (χ1) is 20.0. The second-order valence-corrected chi connectivity index (χ2v) is 12.0. The standard InChI is InChI=1S/C32H40FN3O5S/c1-6-24(5)34-32(38)30(7-2)35(21-25-11-9-23(4)10-12-25)31(37)22-36(27-15-13-26(33)14-16-27)42(39,40)29-19-17-28(18-20-29)41-8-3/h9-20,24,30H,6-8,21-22H2,1-5H3,(H,34,38)/t24-,30+/m0/s1. The van der Waals surface area contributed by atoms with E-state index in [0.29, 0.717) is 25.2 Å². The van der Waals surface area contributed by atoms with Gasteiger partial charge in [-0.1, -0.05) is 43.7 Å². The van der Waals surface area contributed by atoms with Crippen molar-refractivity contribution in [3.8, 4) is 5.75 Å². The fraction of sp³-hybridized carbons (Fsp3) is 0.375. The number of nitrogens with one attached hydrogen (secondary N) is 1. The smallest absolute Gasteiger partial charge is 0.264 e. The van der Waals surface area contributed by atoms with Gasteiger partial charge in [0, 0.05) is 12.6 Å². The van der Waals surface area contributed by atoms with Crippen molar-refractivity contribution in [2.45, 2.75) is 71.0 Å². The summed E-state index contributed by atoms with van der Waals surface area (Å²) < 4.78 is 48.1. The topological polar surface area (TPSA) is 96.0 Å². The number of nitrogens with zero attached hydrogens (tertiary/aromatic N) is 2. The molecule has 0 unspecified atom stereocenters.